The molecule has 2 saturated carbocycles. The molecule has 662 valence electrons. The topological polar surface area (TPSA) is 109 Å². The van der Waals surface area contributed by atoms with Crippen LogP contribution in [0.25, 0.3) is 44.5 Å². The minimum Gasteiger partial charge on any atom is -0.385 e. The van der Waals surface area contributed by atoms with Crippen molar-refractivity contribution in [2.45, 2.75) is 168 Å². The predicted molar refractivity (Wildman–Crippen MR) is 519 cm³/mol. The van der Waals surface area contributed by atoms with E-state index in [0.717, 1.165) is 92.7 Å². The second kappa shape index (κ2) is 39.3. The van der Waals surface area contributed by atoms with E-state index in [0.29, 0.717) is 41.7 Å². The van der Waals surface area contributed by atoms with Crippen molar-refractivity contribution in [2.75, 3.05) is 117 Å². The molecular formula is C108H121F7N12. The summed E-state index contributed by atoms with van der Waals surface area (Å²) in [6.07, 6.45) is 5.97. The highest BCUT2D eigenvalue weighted by Crippen LogP contribution is 2.54. The second-order valence-electron chi connectivity index (χ2n) is 36.3. The maximum absolute atomic E-state index is 13.8. The Labute approximate surface area is 746 Å². The van der Waals surface area contributed by atoms with E-state index >= 15 is 0 Å². The van der Waals surface area contributed by atoms with Gasteiger partial charge in [-0.25, -0.2) is 17.6 Å². The molecule has 4 atom stereocenters. The Morgan fingerprint density at radius 1 is 0.299 bits per heavy atom. The molecule has 4 aliphatic heterocycles. The van der Waals surface area contributed by atoms with Gasteiger partial charge in [0.2, 0.25) is 0 Å². The molecule has 18 rings (SSSR count). The van der Waals surface area contributed by atoms with Crippen molar-refractivity contribution in [2.24, 2.45) is 11.8 Å². The van der Waals surface area contributed by atoms with Crippen LogP contribution >= 0.6 is 0 Å². The summed E-state index contributed by atoms with van der Waals surface area (Å²) in [5.41, 5.74) is 31.0. The van der Waals surface area contributed by atoms with Crippen LogP contribution in [0.4, 0.5) is 99.0 Å². The summed E-state index contributed by atoms with van der Waals surface area (Å²) in [4.78, 5) is 9.01. The van der Waals surface area contributed by atoms with Crippen molar-refractivity contribution in [3.05, 3.63) is 310 Å². The van der Waals surface area contributed by atoms with Gasteiger partial charge in [0.05, 0.1) is 24.2 Å². The zero-order valence-corrected chi connectivity index (χ0v) is 75.3. The third kappa shape index (κ3) is 20.9. The smallest absolute Gasteiger partial charge is 0.385 e. The summed E-state index contributed by atoms with van der Waals surface area (Å²) >= 11 is 0. The molecule has 12 nitrogen and oxygen atoms in total. The molecule has 0 radical (unpaired) electrons. The van der Waals surface area contributed by atoms with Gasteiger partial charge in [-0.3, -0.25) is 0 Å². The summed E-state index contributed by atoms with van der Waals surface area (Å²) in [6, 6.07) is 80.3. The van der Waals surface area contributed by atoms with E-state index in [9.17, 15) is 30.7 Å². The van der Waals surface area contributed by atoms with Gasteiger partial charge in [0.25, 0.3) is 0 Å². The largest absolute Gasteiger partial charge is 0.405 e. The van der Waals surface area contributed by atoms with Crippen LogP contribution in [0.15, 0.2) is 243 Å². The number of fused-ring (bicyclic) bond motifs is 12. The lowest BCUT2D eigenvalue weighted by Crippen LogP contribution is -2.29. The molecular weight excluding hydrogens is 1590 g/mol. The van der Waals surface area contributed by atoms with Crippen LogP contribution in [0, 0.1) is 35.1 Å². The summed E-state index contributed by atoms with van der Waals surface area (Å²) in [5.74, 6) is 0.217. The average molecular weight is 1720 g/mol. The Balaban J connectivity index is 0.000000131. The maximum atomic E-state index is 13.8. The number of nitrogens with zero attached hydrogens (tertiary/aromatic N) is 4. The summed E-state index contributed by atoms with van der Waals surface area (Å²) in [7, 11) is 8.34. The molecule has 0 spiro atoms. The van der Waals surface area contributed by atoms with Crippen LogP contribution in [0.5, 0.6) is 0 Å². The van der Waals surface area contributed by atoms with E-state index in [-0.39, 0.29) is 47.4 Å². The average Bonchev–Trinajstić information content (AvgIpc) is 1.07. The van der Waals surface area contributed by atoms with E-state index in [4.69, 9.17) is 0 Å². The number of anilines is 12. The van der Waals surface area contributed by atoms with Crippen molar-refractivity contribution in [1.82, 2.24) is 0 Å². The molecule has 0 aromatic heterocycles. The van der Waals surface area contributed by atoms with Crippen LogP contribution in [-0.2, 0) is 0 Å². The molecule has 0 amide bonds. The Morgan fingerprint density at radius 2 is 0.543 bits per heavy atom. The highest BCUT2D eigenvalue weighted by Gasteiger charge is 2.37. The SMILES string of the molecule is CC(C)CNc1ccc2c(c1)C(c1ccc([18F])cc1)N(C)c1cc(NCC(C)C)ccc1-2.CC(C)Nc1ccc2c(c1)C(c1ccc([18F])cc1)N(C)c1cc(NC(C)C)ccc1-2.CCNc1ccc2c(c1)C(c1ccc([18F])cc1)N(C)c1cc(NCC(F)(F)F)ccc1-2.CN1c2cc(NC3CCCC3)ccc2-c2ccc(NC3CCCC3)cc2C1c1ccc([18F])cc1. The summed E-state index contributed by atoms with van der Waals surface area (Å²) < 4.78 is 92.7. The molecule has 0 saturated heterocycles. The number of nitrogens with one attached hydrogen (secondary N) is 8. The van der Waals surface area contributed by atoms with Gasteiger partial charge in [0.15, 0.2) is 0 Å². The molecule has 4 heterocycles. The van der Waals surface area contributed by atoms with Gasteiger partial charge < -0.3 is 62.1 Å². The van der Waals surface area contributed by atoms with Gasteiger partial charge in [0, 0.05) is 162 Å². The number of benzene rings is 12. The number of hydrogen-bond donors (Lipinski definition) is 8. The summed E-state index contributed by atoms with van der Waals surface area (Å²) in [6.45, 7) is 21.0. The number of hydrogen-bond acceptors (Lipinski definition) is 12. The zero-order valence-electron chi connectivity index (χ0n) is 75.3. The minimum atomic E-state index is -4.30. The normalized spacial score (nSPS) is 16.5. The quantitative estimate of drug-likeness (QED) is 0.0310. The van der Waals surface area contributed by atoms with E-state index in [1.807, 2.05) is 73.5 Å². The zero-order chi connectivity index (χ0) is 89.5. The molecule has 19 heteroatoms. The first kappa shape index (κ1) is 89.6. The molecule has 4 unspecified atom stereocenters. The molecule has 6 aliphatic rings. The third-order valence-electron chi connectivity index (χ3n) is 25.0. The number of alkyl halides is 3. The number of halogens is 7. The molecule has 8 N–H and O–H groups in total. The molecule has 2 aliphatic carbocycles. The van der Waals surface area contributed by atoms with Crippen molar-refractivity contribution in [3.63, 3.8) is 0 Å². The monoisotopic (exact) mass is 1710 g/mol. The Kier molecular flexibility index (Phi) is 27.7. The molecule has 12 aromatic carbocycles. The van der Waals surface area contributed by atoms with Crippen LogP contribution in [-0.4, -0.2) is 84.7 Å². The minimum absolute atomic E-state index is 0.0105. The molecule has 12 aromatic rings. The summed E-state index contributed by atoms with van der Waals surface area (Å²) in [5, 5.41) is 27.4. The molecule has 0 bridgehead atoms. The van der Waals surface area contributed by atoms with Crippen molar-refractivity contribution < 1.29 is 30.7 Å². The Hall–Kier alpha value is -12.3. The lowest BCUT2D eigenvalue weighted by Gasteiger charge is -2.39. The van der Waals surface area contributed by atoms with E-state index in [1.54, 1.807) is 60.7 Å². The van der Waals surface area contributed by atoms with Gasteiger partial charge in [-0.1, -0.05) is 150 Å². The first-order valence-corrected chi connectivity index (χ1v) is 45.2. The third-order valence-corrected chi connectivity index (χ3v) is 25.0. The van der Waals surface area contributed by atoms with Crippen LogP contribution in [0.1, 0.15) is 182 Å². The highest BCUT2D eigenvalue weighted by molar-refractivity contribution is 5.93. The maximum Gasteiger partial charge on any atom is 0.405 e. The van der Waals surface area contributed by atoms with Crippen LogP contribution in [0.3, 0.4) is 0 Å². The van der Waals surface area contributed by atoms with E-state index in [1.165, 1.54) is 142 Å². The fraction of sp³-hybridized carbons (Fsp3) is 0.333. The Morgan fingerprint density at radius 3 is 0.850 bits per heavy atom. The van der Waals surface area contributed by atoms with Crippen LogP contribution < -0.4 is 62.1 Å². The predicted octanol–water partition coefficient (Wildman–Crippen LogP) is 28.0. The fourth-order valence-corrected chi connectivity index (χ4v) is 19.1. The number of rotatable bonds is 22. The first-order valence-electron chi connectivity index (χ1n) is 45.2. The van der Waals surface area contributed by atoms with E-state index < -0.39 is 12.7 Å². The highest BCUT2D eigenvalue weighted by atomic mass is 19.4. The van der Waals surface area contributed by atoms with Crippen molar-refractivity contribution in [1.29, 1.82) is 0 Å². The van der Waals surface area contributed by atoms with Gasteiger partial charge in [-0.05, 0) is 284 Å². The second-order valence-corrected chi connectivity index (χ2v) is 36.3. The lowest BCUT2D eigenvalue weighted by molar-refractivity contribution is -0.115. The van der Waals surface area contributed by atoms with Gasteiger partial charge in [-0.15, -0.1) is 0 Å². The first-order chi connectivity index (χ1) is 61.1. The van der Waals surface area contributed by atoms with Gasteiger partial charge >= 0.3 is 6.18 Å². The Bertz CT molecular complexity index is 5760. The van der Waals surface area contributed by atoms with Crippen molar-refractivity contribution >= 4 is 68.2 Å². The standard InChI is InChI=1S/C30H34FN3.C28H34FN3.C26H30FN3.C24H23F4N3/c1-34-29-19-25(33-23-8-4-5-9-23)15-17-27(29)26-16-14-24(32-22-6-2-3-7-22)18-28(26)30(34)20-10-12-21(31)13-11-20;1-18(2)16-30-22-10-12-24-25-13-11-23(31-17-19(3)4)15-27(25)32(5)28(26(24)14-22)20-6-8-21(29)9-7-20;1-16(2)28-20-10-12-22-23-13-11-21(29-17(3)4)15-25(23)30(5)26(24(22)14-20)18-6-8-19(27)9-7-18;1-3-29-17-8-10-19-20-11-9-18(30-14-24(26,27)28)13-22(20)31(2)23(21(19)12-17)15-4-6-16(25)7-5-15/h10-19,22-23,30,32-33H,2-9H2,1H3;6-15,18-19,28,30-31H,16-17H2,1-5H3;6-17,26,28-29H,1-5H3;4-13,23,29-30H,3,14H2,1-2H3/i31-1;29-1;27-1;25-1. The molecule has 127 heavy (non-hydrogen) atoms. The van der Waals surface area contributed by atoms with Gasteiger partial charge in [-0.2, -0.15) is 13.2 Å². The van der Waals surface area contributed by atoms with Gasteiger partial charge in [0.1, 0.15) is 29.8 Å². The molecule has 2 fully saturated rings. The lowest BCUT2D eigenvalue weighted by atomic mass is 9.84. The van der Waals surface area contributed by atoms with Crippen LogP contribution in [0.2, 0.25) is 0 Å². The fourth-order valence-electron chi connectivity index (χ4n) is 19.1. The van der Waals surface area contributed by atoms with E-state index in [2.05, 4.69) is 249 Å². The van der Waals surface area contributed by atoms with Crippen molar-refractivity contribution in [3.8, 4) is 44.5 Å².